The highest BCUT2D eigenvalue weighted by Crippen LogP contribution is 2.45. The quantitative estimate of drug-likeness (QED) is 0.510. The molecule has 58 valence electrons. The Labute approximate surface area is 61.2 Å². The normalized spacial score (nSPS) is 50.1. The van der Waals surface area contributed by atoms with Crippen molar-refractivity contribution in [2.45, 2.75) is 45.0 Å². The van der Waals surface area contributed by atoms with Crippen LogP contribution in [0.4, 0.5) is 0 Å². The van der Waals surface area contributed by atoms with Crippen molar-refractivity contribution in [1.29, 1.82) is 0 Å². The molecule has 0 aromatic heterocycles. The van der Waals surface area contributed by atoms with Gasteiger partial charge < -0.3 is 9.84 Å². The van der Waals surface area contributed by atoms with Gasteiger partial charge in [0.15, 0.2) is 0 Å². The zero-order valence-electron chi connectivity index (χ0n) is 6.50. The molecule has 1 saturated heterocycles. The van der Waals surface area contributed by atoms with E-state index in [1.165, 1.54) is 0 Å². The molecule has 0 spiro atoms. The molecule has 1 aliphatic carbocycles. The summed E-state index contributed by atoms with van der Waals surface area (Å²) in [7, 11) is 0. The maximum atomic E-state index is 9.43. The fourth-order valence-corrected chi connectivity index (χ4v) is 1.97. The standard InChI is InChI=1S/C8H14O2/c1-8(2)3-5(9)7-6(4-8)10-7/h5-7,9H,3-4H2,1-2H3. The van der Waals surface area contributed by atoms with Crippen LogP contribution in [0.1, 0.15) is 26.7 Å². The Hall–Kier alpha value is -0.0800. The molecule has 0 aromatic carbocycles. The maximum Gasteiger partial charge on any atom is 0.110 e. The first-order valence-corrected chi connectivity index (χ1v) is 3.92. The SMILES string of the molecule is CC1(C)CC(O)C2OC2C1. The molecule has 10 heavy (non-hydrogen) atoms. The molecule has 2 aliphatic rings. The van der Waals surface area contributed by atoms with Gasteiger partial charge in [-0.25, -0.2) is 0 Å². The summed E-state index contributed by atoms with van der Waals surface area (Å²) >= 11 is 0. The summed E-state index contributed by atoms with van der Waals surface area (Å²) in [5.41, 5.74) is 0.289. The average molecular weight is 142 g/mol. The van der Waals surface area contributed by atoms with Crippen LogP contribution in [0.25, 0.3) is 0 Å². The van der Waals surface area contributed by atoms with Crippen LogP contribution in [0.2, 0.25) is 0 Å². The van der Waals surface area contributed by atoms with Crippen LogP contribution in [-0.2, 0) is 4.74 Å². The Kier molecular flexibility index (Phi) is 1.15. The van der Waals surface area contributed by atoms with E-state index >= 15 is 0 Å². The predicted molar refractivity (Wildman–Crippen MR) is 37.7 cm³/mol. The van der Waals surface area contributed by atoms with E-state index in [1.54, 1.807) is 0 Å². The first-order chi connectivity index (χ1) is 4.58. The Morgan fingerprint density at radius 2 is 2.10 bits per heavy atom. The lowest BCUT2D eigenvalue weighted by Gasteiger charge is -2.29. The van der Waals surface area contributed by atoms with Crippen LogP contribution in [0.5, 0.6) is 0 Å². The van der Waals surface area contributed by atoms with Gasteiger partial charge in [0.2, 0.25) is 0 Å². The number of hydrogen-bond donors (Lipinski definition) is 1. The Balaban J connectivity index is 2.06. The molecule has 3 unspecified atom stereocenters. The molecule has 0 radical (unpaired) electrons. The molecular formula is C8H14O2. The Bertz CT molecular complexity index is 153. The maximum absolute atomic E-state index is 9.43. The van der Waals surface area contributed by atoms with E-state index in [0.29, 0.717) is 6.10 Å². The van der Waals surface area contributed by atoms with Crippen LogP contribution in [-0.4, -0.2) is 23.4 Å². The minimum Gasteiger partial charge on any atom is -0.390 e. The second-order valence-corrected chi connectivity index (χ2v) is 4.28. The molecule has 1 N–H and O–H groups in total. The third kappa shape index (κ3) is 0.956. The lowest BCUT2D eigenvalue weighted by molar-refractivity contribution is 0.0785. The highest BCUT2D eigenvalue weighted by molar-refractivity contribution is 5.00. The van der Waals surface area contributed by atoms with Gasteiger partial charge in [0.25, 0.3) is 0 Å². The first-order valence-electron chi connectivity index (χ1n) is 3.92. The first kappa shape index (κ1) is 6.62. The molecule has 0 aromatic rings. The van der Waals surface area contributed by atoms with Crippen molar-refractivity contribution in [3.05, 3.63) is 0 Å². The van der Waals surface area contributed by atoms with Gasteiger partial charge in [-0.05, 0) is 18.3 Å². The van der Waals surface area contributed by atoms with Crippen molar-refractivity contribution in [1.82, 2.24) is 0 Å². The molecule has 2 fully saturated rings. The van der Waals surface area contributed by atoms with E-state index in [9.17, 15) is 5.11 Å². The Morgan fingerprint density at radius 3 is 2.70 bits per heavy atom. The molecule has 1 heterocycles. The second kappa shape index (κ2) is 1.74. The molecule has 3 atom stereocenters. The van der Waals surface area contributed by atoms with Crippen molar-refractivity contribution in [3.8, 4) is 0 Å². The van der Waals surface area contributed by atoms with Gasteiger partial charge in [0.1, 0.15) is 6.10 Å². The fourth-order valence-electron chi connectivity index (χ4n) is 1.97. The number of epoxide rings is 1. The van der Waals surface area contributed by atoms with E-state index in [-0.39, 0.29) is 17.6 Å². The molecule has 1 saturated carbocycles. The van der Waals surface area contributed by atoms with Crippen molar-refractivity contribution < 1.29 is 9.84 Å². The minimum absolute atomic E-state index is 0.188. The van der Waals surface area contributed by atoms with Crippen molar-refractivity contribution in [2.75, 3.05) is 0 Å². The van der Waals surface area contributed by atoms with E-state index in [2.05, 4.69) is 13.8 Å². The van der Waals surface area contributed by atoms with E-state index in [1.807, 2.05) is 0 Å². The lowest BCUT2D eigenvalue weighted by atomic mass is 9.76. The van der Waals surface area contributed by atoms with Gasteiger partial charge in [0, 0.05) is 0 Å². The van der Waals surface area contributed by atoms with Gasteiger partial charge in [-0.1, -0.05) is 13.8 Å². The van der Waals surface area contributed by atoms with Crippen LogP contribution in [0.3, 0.4) is 0 Å². The summed E-state index contributed by atoms with van der Waals surface area (Å²) in [5.74, 6) is 0. The molecule has 2 heteroatoms. The lowest BCUT2D eigenvalue weighted by Crippen LogP contribution is -2.32. The van der Waals surface area contributed by atoms with Gasteiger partial charge in [-0.15, -0.1) is 0 Å². The average Bonchev–Trinajstić information content (AvgIpc) is 2.40. The molecule has 2 nitrogen and oxygen atoms in total. The summed E-state index contributed by atoms with van der Waals surface area (Å²) in [6, 6.07) is 0. The topological polar surface area (TPSA) is 32.8 Å². The van der Waals surface area contributed by atoms with Gasteiger partial charge in [-0.2, -0.15) is 0 Å². The minimum atomic E-state index is -0.200. The third-order valence-electron chi connectivity index (χ3n) is 2.52. The van der Waals surface area contributed by atoms with E-state index < -0.39 is 0 Å². The summed E-state index contributed by atoms with van der Waals surface area (Å²) in [6.07, 6.45) is 2.38. The fraction of sp³-hybridized carbons (Fsp3) is 1.00. The van der Waals surface area contributed by atoms with Gasteiger partial charge in [-0.3, -0.25) is 0 Å². The van der Waals surface area contributed by atoms with Crippen molar-refractivity contribution in [2.24, 2.45) is 5.41 Å². The van der Waals surface area contributed by atoms with Gasteiger partial charge in [0.05, 0.1) is 12.2 Å². The molecule has 2 rings (SSSR count). The summed E-state index contributed by atoms with van der Waals surface area (Å²) < 4.78 is 5.28. The van der Waals surface area contributed by atoms with Crippen molar-refractivity contribution in [3.63, 3.8) is 0 Å². The second-order valence-electron chi connectivity index (χ2n) is 4.28. The molecular weight excluding hydrogens is 128 g/mol. The Morgan fingerprint density at radius 1 is 1.40 bits per heavy atom. The third-order valence-corrected chi connectivity index (χ3v) is 2.52. The number of fused-ring (bicyclic) bond motifs is 1. The number of aliphatic hydroxyl groups is 1. The van der Waals surface area contributed by atoms with Gasteiger partial charge >= 0.3 is 0 Å². The van der Waals surface area contributed by atoms with Crippen LogP contribution >= 0.6 is 0 Å². The summed E-state index contributed by atoms with van der Waals surface area (Å²) in [4.78, 5) is 0. The predicted octanol–water partition coefficient (Wildman–Crippen LogP) is 0.935. The highest BCUT2D eigenvalue weighted by atomic mass is 16.6. The van der Waals surface area contributed by atoms with Crippen molar-refractivity contribution >= 4 is 0 Å². The summed E-state index contributed by atoms with van der Waals surface area (Å²) in [5, 5.41) is 9.43. The monoisotopic (exact) mass is 142 g/mol. The zero-order valence-corrected chi connectivity index (χ0v) is 6.50. The largest absolute Gasteiger partial charge is 0.390 e. The molecule has 0 bridgehead atoms. The smallest absolute Gasteiger partial charge is 0.110 e. The number of hydrogen-bond acceptors (Lipinski definition) is 2. The summed E-state index contributed by atoms with van der Waals surface area (Å²) in [6.45, 7) is 4.38. The number of ether oxygens (including phenoxy) is 1. The number of aliphatic hydroxyl groups excluding tert-OH is 1. The molecule has 1 aliphatic heterocycles. The molecule has 0 amide bonds. The van der Waals surface area contributed by atoms with Crippen LogP contribution in [0.15, 0.2) is 0 Å². The zero-order chi connectivity index (χ0) is 7.35. The van der Waals surface area contributed by atoms with E-state index in [0.717, 1.165) is 12.8 Å². The van der Waals surface area contributed by atoms with E-state index in [4.69, 9.17) is 4.74 Å². The number of rotatable bonds is 0. The highest BCUT2D eigenvalue weighted by Gasteiger charge is 2.52. The van der Waals surface area contributed by atoms with Crippen LogP contribution in [0, 0.1) is 5.41 Å². The van der Waals surface area contributed by atoms with Crippen LogP contribution < -0.4 is 0 Å².